The van der Waals surface area contributed by atoms with Gasteiger partial charge in [0.25, 0.3) is 0 Å². The van der Waals surface area contributed by atoms with E-state index in [0.717, 1.165) is 11.8 Å². The van der Waals surface area contributed by atoms with Gasteiger partial charge in [0.15, 0.2) is 0 Å². The van der Waals surface area contributed by atoms with Crippen LogP contribution in [-0.4, -0.2) is 22.0 Å². The van der Waals surface area contributed by atoms with E-state index in [4.69, 9.17) is 0 Å². The van der Waals surface area contributed by atoms with E-state index < -0.39 is 0 Å². The van der Waals surface area contributed by atoms with Crippen molar-refractivity contribution in [2.24, 2.45) is 0 Å². The van der Waals surface area contributed by atoms with Crippen LogP contribution in [0.4, 0.5) is 0 Å². The van der Waals surface area contributed by atoms with Gasteiger partial charge in [0, 0.05) is 24.0 Å². The summed E-state index contributed by atoms with van der Waals surface area (Å²) in [7, 11) is 0. The zero-order valence-electron chi connectivity index (χ0n) is 10.8. The fraction of sp³-hybridized carbons (Fsp3) is 0.643. The number of nitrogens with one attached hydrogen (secondary N) is 1. The second kappa shape index (κ2) is 6.41. The molecule has 0 saturated heterocycles. The van der Waals surface area contributed by atoms with Crippen LogP contribution in [0.15, 0.2) is 18.3 Å². The van der Waals surface area contributed by atoms with Gasteiger partial charge < -0.3 is 5.32 Å². The van der Waals surface area contributed by atoms with E-state index in [0.29, 0.717) is 6.04 Å². The molecule has 1 aliphatic carbocycles. The Balaban J connectivity index is 1.78. The normalized spacial score (nSPS) is 24.1. The number of pyridine rings is 1. The largest absolute Gasteiger partial charge is 0.308 e. The lowest BCUT2D eigenvalue weighted by Crippen LogP contribution is -2.26. The monoisotopic (exact) mass is 250 g/mol. The predicted octanol–water partition coefficient (Wildman–Crippen LogP) is 3.15. The van der Waals surface area contributed by atoms with Crippen molar-refractivity contribution < 1.29 is 0 Å². The van der Waals surface area contributed by atoms with Crippen LogP contribution in [0.5, 0.6) is 0 Å². The third-order valence-electron chi connectivity index (χ3n) is 3.46. The zero-order valence-corrected chi connectivity index (χ0v) is 11.6. The molecule has 1 fully saturated rings. The molecule has 1 aliphatic rings. The predicted molar refractivity (Wildman–Crippen MR) is 75.4 cm³/mol. The van der Waals surface area contributed by atoms with Crippen LogP contribution in [-0.2, 0) is 6.54 Å². The summed E-state index contributed by atoms with van der Waals surface area (Å²) >= 11 is 2.11. The Kier molecular flexibility index (Phi) is 4.86. The number of rotatable bonds is 5. The minimum absolute atomic E-state index is 0.695. The molecule has 0 bridgehead atoms. The molecular formula is C14H22N2S. The first-order valence-corrected chi connectivity index (χ1v) is 7.60. The molecule has 0 aromatic carbocycles. The maximum absolute atomic E-state index is 4.43. The summed E-state index contributed by atoms with van der Waals surface area (Å²) in [6.45, 7) is 5.30. The van der Waals surface area contributed by atoms with Crippen molar-refractivity contribution in [3.63, 3.8) is 0 Å². The van der Waals surface area contributed by atoms with Crippen molar-refractivity contribution in [3.05, 3.63) is 29.6 Å². The second-order valence-electron chi connectivity index (χ2n) is 4.74. The molecule has 0 aliphatic heterocycles. The summed E-state index contributed by atoms with van der Waals surface area (Å²) in [6.07, 6.45) is 5.90. The summed E-state index contributed by atoms with van der Waals surface area (Å²) in [4.78, 5) is 4.43. The number of hydrogen-bond acceptors (Lipinski definition) is 3. The highest BCUT2D eigenvalue weighted by atomic mass is 32.2. The molecule has 17 heavy (non-hydrogen) atoms. The van der Waals surface area contributed by atoms with Gasteiger partial charge in [-0.2, -0.15) is 11.8 Å². The third-order valence-corrected chi connectivity index (χ3v) is 4.70. The highest BCUT2D eigenvalue weighted by Gasteiger charge is 2.23. The van der Waals surface area contributed by atoms with Crippen molar-refractivity contribution in [2.45, 2.75) is 50.9 Å². The molecule has 0 amide bonds. The van der Waals surface area contributed by atoms with Gasteiger partial charge in [-0.1, -0.05) is 13.0 Å². The van der Waals surface area contributed by atoms with Gasteiger partial charge in [-0.25, -0.2) is 0 Å². The van der Waals surface area contributed by atoms with Crippen molar-refractivity contribution in [1.29, 1.82) is 0 Å². The van der Waals surface area contributed by atoms with E-state index >= 15 is 0 Å². The summed E-state index contributed by atoms with van der Waals surface area (Å²) in [5, 5.41) is 4.53. The molecule has 1 N–H and O–H groups in total. The van der Waals surface area contributed by atoms with Crippen molar-refractivity contribution in [1.82, 2.24) is 10.3 Å². The van der Waals surface area contributed by atoms with Crippen molar-refractivity contribution >= 4 is 11.8 Å². The number of hydrogen-bond donors (Lipinski definition) is 1. The molecule has 2 nitrogen and oxygen atoms in total. The lowest BCUT2D eigenvalue weighted by molar-refractivity contribution is 0.519. The summed E-state index contributed by atoms with van der Waals surface area (Å²) < 4.78 is 0. The van der Waals surface area contributed by atoms with E-state index in [1.54, 1.807) is 0 Å². The van der Waals surface area contributed by atoms with Crippen LogP contribution in [0.25, 0.3) is 0 Å². The molecule has 1 aromatic rings. The van der Waals surface area contributed by atoms with E-state index in [1.165, 1.54) is 36.3 Å². The Bertz CT molecular complexity index is 354. The smallest absolute Gasteiger partial charge is 0.0570 e. The summed E-state index contributed by atoms with van der Waals surface area (Å²) in [5.74, 6) is 1.25. The highest BCUT2D eigenvalue weighted by Crippen LogP contribution is 2.29. The van der Waals surface area contributed by atoms with E-state index in [9.17, 15) is 0 Å². The van der Waals surface area contributed by atoms with Crippen LogP contribution in [0.2, 0.25) is 0 Å². The Morgan fingerprint density at radius 1 is 1.47 bits per heavy atom. The van der Waals surface area contributed by atoms with E-state index in [-0.39, 0.29) is 0 Å². The number of nitrogens with zero attached hydrogens (tertiary/aromatic N) is 1. The summed E-state index contributed by atoms with van der Waals surface area (Å²) in [5.41, 5.74) is 2.48. The van der Waals surface area contributed by atoms with E-state index in [2.05, 4.69) is 42.0 Å². The van der Waals surface area contributed by atoms with Gasteiger partial charge >= 0.3 is 0 Å². The molecule has 1 heterocycles. The van der Waals surface area contributed by atoms with Gasteiger partial charge in [0.1, 0.15) is 0 Å². The number of aryl methyl sites for hydroxylation is 1. The lowest BCUT2D eigenvalue weighted by Gasteiger charge is -2.13. The summed E-state index contributed by atoms with van der Waals surface area (Å²) in [6, 6.07) is 4.83. The van der Waals surface area contributed by atoms with Gasteiger partial charge in [-0.15, -0.1) is 0 Å². The Labute approximate surface area is 109 Å². The fourth-order valence-corrected chi connectivity index (χ4v) is 3.60. The highest BCUT2D eigenvalue weighted by molar-refractivity contribution is 7.99. The Morgan fingerprint density at radius 3 is 3.12 bits per heavy atom. The molecule has 1 aromatic heterocycles. The maximum Gasteiger partial charge on any atom is 0.0570 e. The molecular weight excluding hydrogens is 228 g/mol. The SMILES string of the molecule is CCSC1CCC(NCc2ncccc2C)C1. The van der Waals surface area contributed by atoms with Gasteiger partial charge in [-0.05, 0) is 43.6 Å². The van der Waals surface area contributed by atoms with Gasteiger partial charge in [0.05, 0.1) is 5.69 Å². The first-order chi connectivity index (χ1) is 8.29. The van der Waals surface area contributed by atoms with Crippen LogP contribution in [0.1, 0.15) is 37.4 Å². The van der Waals surface area contributed by atoms with Crippen LogP contribution < -0.4 is 5.32 Å². The fourth-order valence-electron chi connectivity index (χ4n) is 2.46. The van der Waals surface area contributed by atoms with Crippen molar-refractivity contribution in [2.75, 3.05) is 5.75 Å². The second-order valence-corrected chi connectivity index (χ2v) is 6.31. The Morgan fingerprint density at radius 2 is 2.35 bits per heavy atom. The minimum atomic E-state index is 0.695. The van der Waals surface area contributed by atoms with E-state index in [1.807, 2.05) is 12.3 Å². The molecule has 94 valence electrons. The quantitative estimate of drug-likeness (QED) is 0.869. The molecule has 2 atom stereocenters. The van der Waals surface area contributed by atoms with Crippen LogP contribution in [0, 0.1) is 6.92 Å². The first-order valence-electron chi connectivity index (χ1n) is 6.55. The molecule has 2 rings (SSSR count). The zero-order chi connectivity index (χ0) is 12.1. The average Bonchev–Trinajstić information content (AvgIpc) is 2.76. The minimum Gasteiger partial charge on any atom is -0.308 e. The first kappa shape index (κ1) is 12.9. The molecule has 0 spiro atoms. The number of thioether (sulfide) groups is 1. The molecule has 0 radical (unpaired) electrons. The van der Waals surface area contributed by atoms with Crippen LogP contribution in [0.3, 0.4) is 0 Å². The topological polar surface area (TPSA) is 24.9 Å². The van der Waals surface area contributed by atoms with Crippen molar-refractivity contribution in [3.8, 4) is 0 Å². The lowest BCUT2D eigenvalue weighted by atomic mass is 10.2. The Hall–Kier alpha value is -0.540. The standard InChI is InChI=1S/C14H22N2S/c1-3-17-13-7-6-12(9-13)16-10-14-11(2)5-4-8-15-14/h4-5,8,12-13,16H,3,6-7,9-10H2,1-2H3. The maximum atomic E-state index is 4.43. The number of aromatic nitrogens is 1. The van der Waals surface area contributed by atoms with Gasteiger partial charge in [-0.3, -0.25) is 4.98 Å². The molecule has 3 heteroatoms. The van der Waals surface area contributed by atoms with Gasteiger partial charge in [0.2, 0.25) is 0 Å². The average molecular weight is 250 g/mol. The molecule has 2 unspecified atom stereocenters. The molecule has 1 saturated carbocycles. The van der Waals surface area contributed by atoms with Crippen LogP contribution >= 0.6 is 11.8 Å². The third kappa shape index (κ3) is 3.71.